The van der Waals surface area contributed by atoms with Crippen molar-refractivity contribution in [3.05, 3.63) is 82.6 Å². The van der Waals surface area contributed by atoms with Crippen LogP contribution in [0.15, 0.2) is 65.9 Å². The first-order valence-electron chi connectivity index (χ1n) is 8.69. The van der Waals surface area contributed by atoms with Crippen LogP contribution in [0.2, 0.25) is 5.02 Å². The van der Waals surface area contributed by atoms with Crippen LogP contribution in [0.3, 0.4) is 0 Å². The lowest BCUT2D eigenvalue weighted by atomic mass is 10.1. The molecule has 0 fully saturated rings. The van der Waals surface area contributed by atoms with Gasteiger partial charge in [-0.25, -0.2) is 0 Å². The highest BCUT2D eigenvalue weighted by molar-refractivity contribution is 7.80. The maximum atomic E-state index is 6.12. The van der Waals surface area contributed by atoms with Crippen molar-refractivity contribution in [1.82, 2.24) is 9.99 Å². The zero-order chi connectivity index (χ0) is 19.9. The summed E-state index contributed by atoms with van der Waals surface area (Å²) < 4.78 is 7.26. The van der Waals surface area contributed by atoms with E-state index < -0.39 is 0 Å². The Bertz CT molecular complexity index is 982. The Balaban J connectivity index is 1.57. The fourth-order valence-corrected chi connectivity index (χ4v) is 3.07. The van der Waals surface area contributed by atoms with E-state index in [0.29, 0.717) is 15.9 Å². The number of thiocarbonyl (C=S) groups is 1. The summed E-state index contributed by atoms with van der Waals surface area (Å²) in [6, 6.07) is 17.8. The Morgan fingerprint density at radius 2 is 2.00 bits per heavy atom. The third-order valence-corrected chi connectivity index (χ3v) is 4.60. The van der Waals surface area contributed by atoms with Crippen molar-refractivity contribution < 1.29 is 4.74 Å². The normalized spacial score (nSPS) is 10.8. The number of benzene rings is 2. The molecule has 0 unspecified atom stereocenters. The molecule has 28 heavy (non-hydrogen) atoms. The molecule has 3 rings (SSSR count). The molecule has 0 aliphatic heterocycles. The number of methoxy groups -OCH3 is 1. The van der Waals surface area contributed by atoms with Gasteiger partial charge in [-0.05, 0) is 55.0 Å². The third-order valence-electron chi connectivity index (χ3n) is 4.11. The Morgan fingerprint density at radius 3 is 2.71 bits per heavy atom. The molecular weight excluding hydrogens is 392 g/mol. The van der Waals surface area contributed by atoms with Crippen LogP contribution in [0, 0.1) is 6.92 Å². The minimum atomic E-state index is 0.370. The van der Waals surface area contributed by atoms with E-state index in [0.717, 1.165) is 17.9 Å². The number of ether oxygens (including phenoxy) is 1. The van der Waals surface area contributed by atoms with Crippen molar-refractivity contribution >= 4 is 40.8 Å². The molecule has 0 aliphatic rings. The van der Waals surface area contributed by atoms with E-state index in [2.05, 4.69) is 51.6 Å². The molecule has 1 heterocycles. The van der Waals surface area contributed by atoms with E-state index >= 15 is 0 Å². The second-order valence-electron chi connectivity index (χ2n) is 6.22. The number of halogens is 1. The Morgan fingerprint density at radius 1 is 1.21 bits per heavy atom. The summed E-state index contributed by atoms with van der Waals surface area (Å²) in [4.78, 5) is 0. The van der Waals surface area contributed by atoms with Gasteiger partial charge < -0.3 is 14.6 Å². The number of aryl methyl sites for hydroxylation is 1. The van der Waals surface area contributed by atoms with Gasteiger partial charge in [-0.2, -0.15) is 5.10 Å². The quantitative estimate of drug-likeness (QED) is 0.346. The fourth-order valence-electron chi connectivity index (χ4n) is 2.64. The second-order valence-corrected chi connectivity index (χ2v) is 7.04. The van der Waals surface area contributed by atoms with Crippen LogP contribution < -0.4 is 15.5 Å². The molecule has 0 saturated carbocycles. The lowest BCUT2D eigenvalue weighted by Crippen LogP contribution is -2.24. The van der Waals surface area contributed by atoms with Crippen LogP contribution >= 0.6 is 23.8 Å². The Hall–Kier alpha value is -2.83. The lowest BCUT2D eigenvalue weighted by molar-refractivity contribution is 0.415. The van der Waals surface area contributed by atoms with Gasteiger partial charge in [0.15, 0.2) is 5.11 Å². The molecule has 0 atom stereocenters. The minimum Gasteiger partial charge on any atom is -0.495 e. The van der Waals surface area contributed by atoms with Crippen molar-refractivity contribution in [3.8, 4) is 5.75 Å². The van der Waals surface area contributed by atoms with Crippen LogP contribution in [0.25, 0.3) is 0 Å². The number of rotatable bonds is 6. The molecule has 0 aliphatic carbocycles. The highest BCUT2D eigenvalue weighted by Crippen LogP contribution is 2.27. The molecule has 0 saturated heterocycles. The van der Waals surface area contributed by atoms with E-state index in [1.54, 1.807) is 25.5 Å². The van der Waals surface area contributed by atoms with Gasteiger partial charge in [-0.3, -0.25) is 5.43 Å². The van der Waals surface area contributed by atoms with E-state index in [4.69, 9.17) is 28.6 Å². The first kappa shape index (κ1) is 19.9. The van der Waals surface area contributed by atoms with Crippen LogP contribution in [0.1, 0.15) is 16.8 Å². The average molecular weight is 413 g/mol. The highest BCUT2D eigenvalue weighted by atomic mass is 35.5. The molecular formula is C21H21ClN4OS. The summed E-state index contributed by atoms with van der Waals surface area (Å²) in [5.41, 5.74) is 7.03. The number of hydrogen-bond acceptors (Lipinski definition) is 3. The molecule has 0 amide bonds. The zero-order valence-corrected chi connectivity index (χ0v) is 17.2. The van der Waals surface area contributed by atoms with Gasteiger partial charge in [0.1, 0.15) is 5.75 Å². The summed E-state index contributed by atoms with van der Waals surface area (Å²) in [7, 11) is 1.57. The first-order chi connectivity index (χ1) is 13.5. The molecule has 7 heteroatoms. The number of nitrogens with zero attached hydrogens (tertiary/aromatic N) is 2. The maximum Gasteiger partial charge on any atom is 0.191 e. The van der Waals surface area contributed by atoms with Gasteiger partial charge in [-0.15, -0.1) is 0 Å². The predicted octanol–water partition coefficient (Wildman–Crippen LogP) is 4.83. The average Bonchev–Trinajstić information content (AvgIpc) is 3.11. The van der Waals surface area contributed by atoms with Crippen molar-refractivity contribution in [2.45, 2.75) is 13.5 Å². The Kier molecular flexibility index (Phi) is 6.68. The smallest absolute Gasteiger partial charge is 0.191 e. The van der Waals surface area contributed by atoms with Gasteiger partial charge >= 0.3 is 0 Å². The third kappa shape index (κ3) is 5.34. The lowest BCUT2D eigenvalue weighted by Gasteiger charge is -2.09. The van der Waals surface area contributed by atoms with Crippen molar-refractivity contribution in [1.29, 1.82) is 0 Å². The molecule has 144 valence electrons. The van der Waals surface area contributed by atoms with Crippen molar-refractivity contribution in [2.24, 2.45) is 5.10 Å². The number of nitrogens with one attached hydrogen (secondary N) is 2. The Labute approximate surface area is 175 Å². The minimum absolute atomic E-state index is 0.370. The fraction of sp³-hybridized carbons (Fsp3) is 0.143. The standard InChI is InChI=1S/C21H21ClN4OS/c1-15-5-7-16(8-6-15)14-26-11-3-4-18(26)13-23-25-21(28)24-17-9-10-20(27-2)19(22)12-17/h3-13H,14H2,1-2H3,(H2,24,25,28). The molecule has 5 nitrogen and oxygen atoms in total. The van der Waals surface area contributed by atoms with Crippen LogP contribution in [-0.4, -0.2) is 23.0 Å². The van der Waals surface area contributed by atoms with Gasteiger partial charge in [0.25, 0.3) is 0 Å². The monoisotopic (exact) mass is 412 g/mol. The van der Waals surface area contributed by atoms with Gasteiger partial charge in [0.2, 0.25) is 0 Å². The van der Waals surface area contributed by atoms with Crippen LogP contribution in [0.4, 0.5) is 5.69 Å². The highest BCUT2D eigenvalue weighted by Gasteiger charge is 2.03. The summed E-state index contributed by atoms with van der Waals surface area (Å²) >= 11 is 11.4. The predicted molar refractivity (Wildman–Crippen MR) is 120 cm³/mol. The molecule has 0 radical (unpaired) electrons. The van der Waals surface area contributed by atoms with E-state index in [-0.39, 0.29) is 0 Å². The van der Waals surface area contributed by atoms with Gasteiger partial charge in [0.05, 0.1) is 24.0 Å². The van der Waals surface area contributed by atoms with E-state index in [1.165, 1.54) is 11.1 Å². The number of hydrogen-bond donors (Lipinski definition) is 2. The van der Waals surface area contributed by atoms with Gasteiger partial charge in [-0.1, -0.05) is 41.4 Å². The van der Waals surface area contributed by atoms with Crippen LogP contribution in [-0.2, 0) is 6.54 Å². The summed E-state index contributed by atoms with van der Waals surface area (Å²) in [5, 5.41) is 8.14. The van der Waals surface area contributed by atoms with Crippen LogP contribution in [0.5, 0.6) is 5.75 Å². The molecule has 2 aromatic carbocycles. The van der Waals surface area contributed by atoms with Crippen molar-refractivity contribution in [3.63, 3.8) is 0 Å². The topological polar surface area (TPSA) is 50.6 Å². The molecule has 0 spiro atoms. The SMILES string of the molecule is COc1ccc(NC(=S)NN=Cc2cccn2Cc2ccc(C)cc2)cc1Cl. The van der Waals surface area contributed by atoms with Gasteiger partial charge in [0, 0.05) is 18.4 Å². The molecule has 2 N–H and O–H groups in total. The summed E-state index contributed by atoms with van der Waals surface area (Å²) in [6.07, 6.45) is 3.76. The number of anilines is 1. The van der Waals surface area contributed by atoms with E-state index in [1.807, 2.05) is 24.4 Å². The molecule has 0 bridgehead atoms. The summed E-state index contributed by atoms with van der Waals surface area (Å²) in [6.45, 7) is 2.86. The number of aromatic nitrogens is 1. The molecule has 1 aromatic heterocycles. The second kappa shape index (κ2) is 9.39. The first-order valence-corrected chi connectivity index (χ1v) is 9.48. The van der Waals surface area contributed by atoms with Crippen molar-refractivity contribution in [2.75, 3.05) is 12.4 Å². The van der Waals surface area contributed by atoms with E-state index in [9.17, 15) is 0 Å². The molecule has 3 aromatic rings. The zero-order valence-electron chi connectivity index (χ0n) is 15.6. The number of hydrazone groups is 1. The summed E-state index contributed by atoms with van der Waals surface area (Å²) in [5.74, 6) is 0.610. The largest absolute Gasteiger partial charge is 0.495 e. The maximum absolute atomic E-state index is 6.12.